The molecule has 1 N–H and O–H groups in total. The van der Waals surface area contributed by atoms with Gasteiger partial charge < -0.3 is 5.32 Å². The number of rotatable bonds is 1. The van der Waals surface area contributed by atoms with E-state index in [1.165, 1.54) is 18.2 Å². The van der Waals surface area contributed by atoms with Crippen LogP contribution in [-0.2, 0) is 6.18 Å². The first-order chi connectivity index (χ1) is 7.97. The SMILES string of the molecule is O=C1NC(=Nc2ccccc2C(F)(F)F)CS1. The van der Waals surface area contributed by atoms with E-state index in [9.17, 15) is 18.0 Å². The van der Waals surface area contributed by atoms with Gasteiger partial charge in [-0.2, -0.15) is 13.2 Å². The van der Waals surface area contributed by atoms with Gasteiger partial charge in [0, 0.05) is 0 Å². The van der Waals surface area contributed by atoms with Gasteiger partial charge in [-0.3, -0.25) is 4.79 Å². The van der Waals surface area contributed by atoms with E-state index in [0.717, 1.165) is 17.8 Å². The molecule has 7 heteroatoms. The van der Waals surface area contributed by atoms with E-state index in [-0.39, 0.29) is 22.5 Å². The lowest BCUT2D eigenvalue weighted by Crippen LogP contribution is -2.19. The molecule has 17 heavy (non-hydrogen) atoms. The fourth-order valence-corrected chi connectivity index (χ4v) is 1.93. The van der Waals surface area contributed by atoms with Crippen LogP contribution in [0.3, 0.4) is 0 Å². The molecule has 1 heterocycles. The maximum Gasteiger partial charge on any atom is 0.418 e. The van der Waals surface area contributed by atoms with Crippen LogP contribution in [0, 0.1) is 0 Å². The van der Waals surface area contributed by atoms with Gasteiger partial charge in [0.25, 0.3) is 5.24 Å². The molecular formula is C10H7F3N2OS. The van der Waals surface area contributed by atoms with Crippen LogP contribution in [0.2, 0.25) is 0 Å². The monoisotopic (exact) mass is 260 g/mol. The molecule has 1 amide bonds. The summed E-state index contributed by atoms with van der Waals surface area (Å²) in [5.74, 6) is 0.516. The molecule has 0 unspecified atom stereocenters. The van der Waals surface area contributed by atoms with E-state index in [1.54, 1.807) is 0 Å². The third kappa shape index (κ3) is 2.79. The zero-order chi connectivity index (χ0) is 12.5. The molecule has 1 aromatic carbocycles. The number of hydrogen-bond donors (Lipinski definition) is 1. The van der Waals surface area contributed by atoms with Crippen molar-refractivity contribution >= 4 is 28.5 Å². The van der Waals surface area contributed by atoms with E-state index in [0.29, 0.717) is 0 Å². The summed E-state index contributed by atoms with van der Waals surface area (Å²) in [4.78, 5) is 14.7. The van der Waals surface area contributed by atoms with Crippen LogP contribution in [0.25, 0.3) is 0 Å². The Balaban J connectivity index is 2.36. The van der Waals surface area contributed by atoms with Gasteiger partial charge >= 0.3 is 6.18 Å². The van der Waals surface area contributed by atoms with Gasteiger partial charge in [-0.05, 0) is 12.1 Å². The highest BCUT2D eigenvalue weighted by molar-refractivity contribution is 8.14. The first kappa shape index (κ1) is 12.0. The van der Waals surface area contributed by atoms with Crippen molar-refractivity contribution in [1.29, 1.82) is 0 Å². The number of nitrogens with one attached hydrogen (secondary N) is 1. The predicted octanol–water partition coefficient (Wildman–Crippen LogP) is 3.19. The molecule has 0 radical (unpaired) electrons. The number of aliphatic imine (C=N–C) groups is 1. The van der Waals surface area contributed by atoms with Crippen molar-refractivity contribution in [3.8, 4) is 0 Å². The maximum atomic E-state index is 12.6. The van der Waals surface area contributed by atoms with Gasteiger partial charge in [0.1, 0.15) is 5.84 Å². The minimum Gasteiger partial charge on any atom is -0.304 e. The lowest BCUT2D eigenvalue weighted by atomic mass is 10.2. The summed E-state index contributed by atoms with van der Waals surface area (Å²) in [6.07, 6.45) is -4.45. The number of benzene rings is 1. The van der Waals surface area contributed by atoms with Gasteiger partial charge in [-0.15, -0.1) is 0 Å². The number of alkyl halides is 3. The van der Waals surface area contributed by atoms with Crippen molar-refractivity contribution in [2.24, 2.45) is 4.99 Å². The van der Waals surface area contributed by atoms with Crippen LogP contribution < -0.4 is 5.32 Å². The van der Waals surface area contributed by atoms with Crippen LogP contribution in [0.5, 0.6) is 0 Å². The van der Waals surface area contributed by atoms with Crippen molar-refractivity contribution in [3.05, 3.63) is 29.8 Å². The number of amides is 1. The zero-order valence-corrected chi connectivity index (χ0v) is 9.23. The van der Waals surface area contributed by atoms with Crippen molar-refractivity contribution in [1.82, 2.24) is 5.32 Å². The quantitative estimate of drug-likeness (QED) is 0.842. The predicted molar refractivity (Wildman–Crippen MR) is 59.5 cm³/mol. The van der Waals surface area contributed by atoms with Crippen LogP contribution >= 0.6 is 11.8 Å². The van der Waals surface area contributed by atoms with Crippen LogP contribution in [-0.4, -0.2) is 16.8 Å². The topological polar surface area (TPSA) is 41.5 Å². The first-order valence-electron chi connectivity index (χ1n) is 4.64. The highest BCUT2D eigenvalue weighted by Gasteiger charge is 2.33. The summed E-state index contributed by atoms with van der Waals surface area (Å²) >= 11 is 0.976. The molecule has 1 aliphatic rings. The van der Waals surface area contributed by atoms with Gasteiger partial charge in [0.2, 0.25) is 0 Å². The van der Waals surface area contributed by atoms with Crippen molar-refractivity contribution < 1.29 is 18.0 Å². The van der Waals surface area contributed by atoms with E-state index >= 15 is 0 Å². The zero-order valence-electron chi connectivity index (χ0n) is 8.41. The third-order valence-electron chi connectivity index (χ3n) is 2.05. The van der Waals surface area contributed by atoms with Crippen LogP contribution in [0.4, 0.5) is 23.7 Å². The van der Waals surface area contributed by atoms with Gasteiger partial charge in [0.05, 0.1) is 17.0 Å². The van der Waals surface area contributed by atoms with Gasteiger partial charge in [-0.1, -0.05) is 23.9 Å². The Kier molecular flexibility index (Phi) is 3.10. The number of nitrogens with zero attached hydrogens (tertiary/aromatic N) is 1. The Hall–Kier alpha value is -1.50. The summed E-state index contributed by atoms with van der Waals surface area (Å²) in [5, 5.41) is 2.09. The molecule has 0 spiro atoms. The Morgan fingerprint density at radius 2 is 2.00 bits per heavy atom. The summed E-state index contributed by atoms with van der Waals surface area (Å²) in [6.45, 7) is 0. The number of thioether (sulfide) groups is 1. The third-order valence-corrected chi connectivity index (χ3v) is 2.83. The summed E-state index contributed by atoms with van der Waals surface area (Å²) in [7, 11) is 0. The molecule has 1 aromatic rings. The van der Waals surface area contributed by atoms with Gasteiger partial charge in [-0.25, -0.2) is 4.99 Å². The fraction of sp³-hybridized carbons (Fsp3) is 0.200. The standard InChI is InChI=1S/C10H7F3N2OS/c11-10(12,13)6-3-1-2-4-7(6)14-8-5-17-9(16)15-8/h1-4H,5H2,(H,14,15,16). The number of hydrogen-bond acceptors (Lipinski definition) is 3. The average molecular weight is 260 g/mol. The van der Waals surface area contributed by atoms with Crippen molar-refractivity contribution in [2.45, 2.75) is 6.18 Å². The Labute approximate surface area is 99.1 Å². The summed E-state index contributed by atoms with van der Waals surface area (Å²) in [6, 6.07) is 5.00. The Morgan fingerprint density at radius 3 is 2.59 bits per heavy atom. The van der Waals surface area contributed by atoms with E-state index in [1.807, 2.05) is 0 Å². The molecule has 0 atom stereocenters. The molecule has 2 rings (SSSR count). The Morgan fingerprint density at radius 1 is 1.29 bits per heavy atom. The molecule has 1 aliphatic heterocycles. The highest BCUT2D eigenvalue weighted by Crippen LogP contribution is 2.36. The second-order valence-corrected chi connectivity index (χ2v) is 4.22. The number of para-hydroxylation sites is 1. The second kappa shape index (κ2) is 4.40. The van der Waals surface area contributed by atoms with Crippen LogP contribution in [0.15, 0.2) is 29.3 Å². The van der Waals surface area contributed by atoms with Crippen molar-refractivity contribution in [2.75, 3.05) is 5.75 Å². The maximum absolute atomic E-state index is 12.6. The minimum absolute atomic E-state index is 0.183. The molecule has 0 saturated carbocycles. The lowest BCUT2D eigenvalue weighted by Gasteiger charge is -2.09. The first-order valence-corrected chi connectivity index (χ1v) is 5.63. The molecular weight excluding hydrogens is 253 g/mol. The molecule has 3 nitrogen and oxygen atoms in total. The molecule has 90 valence electrons. The highest BCUT2D eigenvalue weighted by atomic mass is 32.2. The Bertz CT molecular complexity index is 485. The number of amidine groups is 1. The van der Waals surface area contributed by atoms with E-state index in [2.05, 4.69) is 10.3 Å². The van der Waals surface area contributed by atoms with Gasteiger partial charge in [0.15, 0.2) is 0 Å². The second-order valence-electron chi connectivity index (χ2n) is 3.27. The molecule has 1 fully saturated rings. The molecule has 0 aliphatic carbocycles. The summed E-state index contributed by atoms with van der Waals surface area (Å²) < 4.78 is 37.9. The lowest BCUT2D eigenvalue weighted by molar-refractivity contribution is -0.137. The van der Waals surface area contributed by atoms with Crippen LogP contribution in [0.1, 0.15) is 5.56 Å². The van der Waals surface area contributed by atoms with E-state index < -0.39 is 11.7 Å². The normalized spacial score (nSPS) is 18.5. The molecule has 1 saturated heterocycles. The average Bonchev–Trinajstić information content (AvgIpc) is 2.63. The number of halogens is 3. The molecule has 0 bridgehead atoms. The van der Waals surface area contributed by atoms with Crippen molar-refractivity contribution in [3.63, 3.8) is 0 Å². The summed E-state index contributed by atoms with van der Waals surface area (Å²) in [5.41, 5.74) is -0.989. The van der Waals surface area contributed by atoms with E-state index in [4.69, 9.17) is 0 Å². The fourth-order valence-electron chi connectivity index (χ4n) is 1.34. The molecule has 0 aromatic heterocycles. The minimum atomic E-state index is -4.45. The number of carbonyl (C=O) groups is 1. The largest absolute Gasteiger partial charge is 0.418 e. The number of carbonyl (C=O) groups excluding carboxylic acids is 1. The smallest absolute Gasteiger partial charge is 0.304 e.